The molecular weight excluding hydrogens is 240 g/mol. The van der Waals surface area contributed by atoms with Gasteiger partial charge < -0.3 is 20.5 Å². The number of nitrogens with one attached hydrogen (secondary N) is 2. The lowest BCUT2D eigenvalue weighted by Crippen LogP contribution is -2.48. The summed E-state index contributed by atoms with van der Waals surface area (Å²) in [6, 6.07) is -0.0390. The van der Waals surface area contributed by atoms with Gasteiger partial charge in [0.25, 0.3) is 0 Å². The van der Waals surface area contributed by atoms with Crippen LogP contribution in [0.1, 0.15) is 5.69 Å². The molecule has 0 saturated carbocycles. The SMILES string of the molecule is COCC(NC(=O)NCc1ccncn1)C(=O)O. The third-order valence-electron chi connectivity index (χ3n) is 2.01. The van der Waals surface area contributed by atoms with E-state index in [-0.39, 0.29) is 13.2 Å². The Labute approximate surface area is 103 Å². The summed E-state index contributed by atoms with van der Waals surface area (Å²) in [5.41, 5.74) is 0.624. The van der Waals surface area contributed by atoms with Crippen molar-refractivity contribution in [1.29, 1.82) is 0 Å². The number of amides is 2. The molecule has 1 atom stereocenters. The fourth-order valence-electron chi connectivity index (χ4n) is 1.14. The minimum atomic E-state index is -1.16. The van der Waals surface area contributed by atoms with Crippen LogP contribution < -0.4 is 10.6 Å². The Hall–Kier alpha value is -2.22. The van der Waals surface area contributed by atoms with Gasteiger partial charge >= 0.3 is 12.0 Å². The number of carbonyl (C=O) groups is 2. The number of aliphatic carboxylic acids is 1. The lowest BCUT2D eigenvalue weighted by molar-refractivity contribution is -0.140. The van der Waals surface area contributed by atoms with Gasteiger partial charge in [-0.15, -0.1) is 0 Å². The third-order valence-corrected chi connectivity index (χ3v) is 2.01. The summed E-state index contributed by atoms with van der Waals surface area (Å²) in [5, 5.41) is 13.5. The van der Waals surface area contributed by atoms with E-state index in [1.165, 1.54) is 13.4 Å². The van der Waals surface area contributed by atoms with Gasteiger partial charge in [-0.05, 0) is 6.07 Å². The van der Waals surface area contributed by atoms with Crippen LogP contribution in [0.15, 0.2) is 18.6 Å². The van der Waals surface area contributed by atoms with E-state index in [0.717, 1.165) is 0 Å². The average molecular weight is 254 g/mol. The van der Waals surface area contributed by atoms with Gasteiger partial charge in [0.05, 0.1) is 18.8 Å². The van der Waals surface area contributed by atoms with Crippen LogP contribution in [0, 0.1) is 0 Å². The van der Waals surface area contributed by atoms with Crippen molar-refractivity contribution in [1.82, 2.24) is 20.6 Å². The van der Waals surface area contributed by atoms with Gasteiger partial charge in [0, 0.05) is 13.3 Å². The Morgan fingerprint density at radius 2 is 2.33 bits per heavy atom. The second-order valence-corrected chi connectivity index (χ2v) is 3.37. The van der Waals surface area contributed by atoms with Crippen LogP contribution in [-0.2, 0) is 16.1 Å². The summed E-state index contributed by atoms with van der Waals surface area (Å²) < 4.78 is 4.68. The molecule has 0 aromatic carbocycles. The molecule has 0 aliphatic rings. The Morgan fingerprint density at radius 1 is 1.56 bits per heavy atom. The molecule has 8 heteroatoms. The van der Waals surface area contributed by atoms with Gasteiger partial charge in [-0.2, -0.15) is 0 Å². The molecule has 18 heavy (non-hydrogen) atoms. The zero-order valence-corrected chi connectivity index (χ0v) is 9.79. The molecule has 1 rings (SSSR count). The van der Waals surface area contributed by atoms with E-state index in [0.29, 0.717) is 5.69 Å². The zero-order chi connectivity index (χ0) is 13.4. The maximum atomic E-state index is 11.4. The van der Waals surface area contributed by atoms with Crippen molar-refractivity contribution in [2.75, 3.05) is 13.7 Å². The Bertz CT molecular complexity index is 398. The second-order valence-electron chi connectivity index (χ2n) is 3.37. The van der Waals surface area contributed by atoms with Gasteiger partial charge in [0.2, 0.25) is 0 Å². The van der Waals surface area contributed by atoms with Crippen molar-refractivity contribution in [2.24, 2.45) is 0 Å². The number of methoxy groups -OCH3 is 1. The first-order chi connectivity index (χ1) is 8.63. The second kappa shape index (κ2) is 7.17. The summed E-state index contributed by atoms with van der Waals surface area (Å²) in [7, 11) is 1.36. The van der Waals surface area contributed by atoms with E-state index in [1.807, 2.05) is 0 Å². The van der Waals surface area contributed by atoms with Crippen LogP contribution >= 0.6 is 0 Å². The normalized spacial score (nSPS) is 11.6. The zero-order valence-electron chi connectivity index (χ0n) is 9.79. The summed E-state index contributed by atoms with van der Waals surface area (Å²) in [5.74, 6) is -1.16. The molecule has 2 amide bonds. The molecule has 1 unspecified atom stereocenters. The highest BCUT2D eigenvalue weighted by molar-refractivity contribution is 5.82. The molecule has 3 N–H and O–H groups in total. The molecule has 0 fully saturated rings. The largest absolute Gasteiger partial charge is 0.480 e. The monoisotopic (exact) mass is 254 g/mol. The average Bonchev–Trinajstić information content (AvgIpc) is 2.37. The van der Waals surface area contributed by atoms with Crippen molar-refractivity contribution >= 4 is 12.0 Å². The van der Waals surface area contributed by atoms with Crippen molar-refractivity contribution < 1.29 is 19.4 Å². The fourth-order valence-corrected chi connectivity index (χ4v) is 1.14. The van der Waals surface area contributed by atoms with E-state index in [9.17, 15) is 9.59 Å². The molecule has 1 aromatic rings. The predicted octanol–water partition coefficient (Wildman–Crippen LogP) is -0.625. The number of nitrogens with zero attached hydrogens (tertiary/aromatic N) is 2. The molecule has 8 nitrogen and oxygen atoms in total. The van der Waals surface area contributed by atoms with Crippen molar-refractivity contribution in [3.63, 3.8) is 0 Å². The summed E-state index contributed by atoms with van der Waals surface area (Å²) in [6.07, 6.45) is 2.91. The number of carbonyl (C=O) groups excluding carboxylic acids is 1. The molecule has 0 aliphatic carbocycles. The van der Waals surface area contributed by atoms with Gasteiger partial charge in [0.15, 0.2) is 6.04 Å². The first kappa shape index (κ1) is 13.8. The quantitative estimate of drug-likeness (QED) is 0.623. The molecule has 1 heterocycles. The smallest absolute Gasteiger partial charge is 0.328 e. The van der Waals surface area contributed by atoms with Crippen molar-refractivity contribution in [2.45, 2.75) is 12.6 Å². The summed E-state index contributed by atoms with van der Waals surface area (Å²) in [4.78, 5) is 29.8. The number of aromatic nitrogens is 2. The number of urea groups is 1. The standard InChI is InChI=1S/C10H14N4O4/c1-18-5-8(9(15)16)14-10(17)12-4-7-2-3-11-6-13-7/h2-3,6,8H,4-5H2,1H3,(H,15,16)(H2,12,14,17). The van der Waals surface area contributed by atoms with Gasteiger partial charge in [-0.1, -0.05) is 0 Å². The highest BCUT2D eigenvalue weighted by Gasteiger charge is 2.19. The fraction of sp³-hybridized carbons (Fsp3) is 0.400. The van der Waals surface area contributed by atoms with E-state index in [4.69, 9.17) is 5.11 Å². The number of hydrogen-bond donors (Lipinski definition) is 3. The molecule has 98 valence electrons. The first-order valence-electron chi connectivity index (χ1n) is 5.14. The van der Waals surface area contributed by atoms with Crippen LogP contribution in [0.5, 0.6) is 0 Å². The molecular formula is C10H14N4O4. The van der Waals surface area contributed by atoms with Crippen LogP contribution in [-0.4, -0.2) is 46.8 Å². The Morgan fingerprint density at radius 3 is 2.89 bits per heavy atom. The summed E-state index contributed by atoms with van der Waals surface area (Å²) in [6.45, 7) is 0.0872. The van der Waals surface area contributed by atoms with Gasteiger partial charge in [-0.3, -0.25) is 0 Å². The predicted molar refractivity (Wildman–Crippen MR) is 60.7 cm³/mol. The van der Waals surface area contributed by atoms with Crippen LogP contribution in [0.3, 0.4) is 0 Å². The number of rotatable bonds is 6. The topological polar surface area (TPSA) is 113 Å². The molecule has 0 aliphatic heterocycles. The number of hydrogen-bond acceptors (Lipinski definition) is 5. The van der Waals surface area contributed by atoms with Crippen LogP contribution in [0.25, 0.3) is 0 Å². The highest BCUT2D eigenvalue weighted by Crippen LogP contribution is 1.90. The lowest BCUT2D eigenvalue weighted by Gasteiger charge is -2.13. The lowest BCUT2D eigenvalue weighted by atomic mass is 10.3. The molecule has 0 spiro atoms. The van der Waals surface area contributed by atoms with E-state index < -0.39 is 18.0 Å². The maximum absolute atomic E-state index is 11.4. The van der Waals surface area contributed by atoms with E-state index in [2.05, 4.69) is 25.3 Å². The number of carboxylic acids is 1. The van der Waals surface area contributed by atoms with Crippen molar-refractivity contribution in [3.8, 4) is 0 Å². The molecule has 0 bridgehead atoms. The third kappa shape index (κ3) is 4.74. The van der Waals surface area contributed by atoms with E-state index >= 15 is 0 Å². The van der Waals surface area contributed by atoms with Crippen LogP contribution in [0.4, 0.5) is 4.79 Å². The molecule has 0 radical (unpaired) electrons. The minimum absolute atomic E-state index is 0.101. The van der Waals surface area contributed by atoms with Gasteiger partial charge in [0.1, 0.15) is 6.33 Å². The Balaban J connectivity index is 2.39. The highest BCUT2D eigenvalue weighted by atomic mass is 16.5. The van der Waals surface area contributed by atoms with Crippen LogP contribution in [0.2, 0.25) is 0 Å². The molecule has 1 aromatic heterocycles. The number of carboxylic acid groups (broad SMARTS) is 1. The van der Waals surface area contributed by atoms with Crippen molar-refractivity contribution in [3.05, 3.63) is 24.3 Å². The number of ether oxygens (including phenoxy) is 1. The summed E-state index contributed by atoms with van der Waals surface area (Å²) >= 11 is 0. The van der Waals surface area contributed by atoms with E-state index in [1.54, 1.807) is 12.3 Å². The first-order valence-corrected chi connectivity index (χ1v) is 5.14. The Kier molecular flexibility index (Phi) is 5.52. The molecule has 0 saturated heterocycles. The van der Waals surface area contributed by atoms with Gasteiger partial charge in [-0.25, -0.2) is 19.6 Å². The maximum Gasteiger partial charge on any atom is 0.328 e. The minimum Gasteiger partial charge on any atom is -0.480 e.